The van der Waals surface area contributed by atoms with Crippen LogP contribution in [0, 0.1) is 0 Å². The average molecular weight is 363 g/mol. The van der Waals surface area contributed by atoms with E-state index in [2.05, 4.69) is 58.8 Å². The molecule has 0 spiro atoms. The molecule has 1 aromatic carbocycles. The number of hydrogen-bond donors (Lipinski definition) is 2. The Morgan fingerprint density at radius 2 is 1.96 bits per heavy atom. The van der Waals surface area contributed by atoms with Crippen LogP contribution in [-0.4, -0.2) is 35.6 Å². The number of nitrogens with one attached hydrogen (secondary N) is 1. The van der Waals surface area contributed by atoms with E-state index in [1.54, 1.807) is 0 Å². The standard InChI is InChI=1S/C23H30N4/c24-12-3-4-14-27(22-11-5-9-18-10-6-13-25-23(18)22)17-21-15-19-7-1-2-8-20(19)16-26-21/h1-4,6-8,10,13,21-22,26H,5,9,11-12,14-17,24H2/b4-3-/t21-,22+/m1/s1. The number of nitrogens with zero attached hydrogens (tertiary/aromatic N) is 2. The summed E-state index contributed by atoms with van der Waals surface area (Å²) in [5.41, 5.74) is 11.3. The smallest absolute Gasteiger partial charge is 0.0607 e. The molecule has 4 rings (SSSR count). The van der Waals surface area contributed by atoms with Gasteiger partial charge in [0.15, 0.2) is 0 Å². The van der Waals surface area contributed by atoms with Gasteiger partial charge in [0.2, 0.25) is 0 Å². The van der Waals surface area contributed by atoms with Crippen molar-refractivity contribution < 1.29 is 0 Å². The lowest BCUT2D eigenvalue weighted by Crippen LogP contribution is -2.46. The molecule has 1 aromatic heterocycles. The Kier molecular flexibility index (Phi) is 5.97. The average Bonchev–Trinajstić information content (AvgIpc) is 2.73. The van der Waals surface area contributed by atoms with Gasteiger partial charge in [-0.2, -0.15) is 0 Å². The topological polar surface area (TPSA) is 54.2 Å². The first-order valence-corrected chi connectivity index (χ1v) is 10.2. The highest BCUT2D eigenvalue weighted by molar-refractivity contribution is 5.30. The first-order chi connectivity index (χ1) is 13.3. The van der Waals surface area contributed by atoms with E-state index in [4.69, 9.17) is 10.7 Å². The fourth-order valence-corrected chi connectivity index (χ4v) is 4.51. The van der Waals surface area contributed by atoms with Gasteiger partial charge in [0.25, 0.3) is 0 Å². The van der Waals surface area contributed by atoms with Gasteiger partial charge < -0.3 is 11.1 Å². The van der Waals surface area contributed by atoms with Crippen molar-refractivity contribution in [2.75, 3.05) is 19.6 Å². The number of nitrogens with two attached hydrogens (primary N) is 1. The van der Waals surface area contributed by atoms with E-state index in [-0.39, 0.29) is 0 Å². The van der Waals surface area contributed by atoms with Crippen LogP contribution in [0.4, 0.5) is 0 Å². The highest BCUT2D eigenvalue weighted by Gasteiger charge is 2.29. The van der Waals surface area contributed by atoms with E-state index in [9.17, 15) is 0 Å². The van der Waals surface area contributed by atoms with Gasteiger partial charge in [0.1, 0.15) is 0 Å². The Balaban J connectivity index is 1.53. The van der Waals surface area contributed by atoms with Crippen molar-refractivity contribution >= 4 is 0 Å². The zero-order valence-electron chi connectivity index (χ0n) is 16.0. The molecule has 142 valence electrons. The minimum absolute atomic E-state index is 0.399. The molecule has 2 heterocycles. The van der Waals surface area contributed by atoms with Crippen LogP contribution in [0.5, 0.6) is 0 Å². The van der Waals surface area contributed by atoms with Gasteiger partial charge in [-0.3, -0.25) is 9.88 Å². The van der Waals surface area contributed by atoms with Crippen LogP contribution >= 0.6 is 0 Å². The highest BCUT2D eigenvalue weighted by atomic mass is 15.2. The summed E-state index contributed by atoms with van der Waals surface area (Å²) in [6.07, 6.45) is 10.9. The summed E-state index contributed by atoms with van der Waals surface area (Å²) >= 11 is 0. The minimum Gasteiger partial charge on any atom is -0.327 e. The van der Waals surface area contributed by atoms with Gasteiger partial charge in [0, 0.05) is 38.4 Å². The van der Waals surface area contributed by atoms with E-state index in [1.165, 1.54) is 35.2 Å². The number of rotatable bonds is 6. The first-order valence-electron chi connectivity index (χ1n) is 10.2. The van der Waals surface area contributed by atoms with Gasteiger partial charge in [0.05, 0.1) is 11.7 Å². The molecule has 0 saturated heterocycles. The molecule has 0 unspecified atom stereocenters. The predicted molar refractivity (Wildman–Crippen MR) is 110 cm³/mol. The third-order valence-electron chi connectivity index (χ3n) is 5.87. The lowest BCUT2D eigenvalue weighted by atomic mass is 9.89. The summed E-state index contributed by atoms with van der Waals surface area (Å²) in [6.45, 7) is 3.52. The minimum atomic E-state index is 0.399. The second-order valence-corrected chi connectivity index (χ2v) is 7.67. The zero-order chi connectivity index (χ0) is 18.5. The largest absolute Gasteiger partial charge is 0.327 e. The van der Waals surface area contributed by atoms with Gasteiger partial charge in [-0.25, -0.2) is 0 Å². The molecule has 2 aromatic rings. The van der Waals surface area contributed by atoms with E-state index in [0.29, 0.717) is 18.6 Å². The van der Waals surface area contributed by atoms with E-state index < -0.39 is 0 Å². The van der Waals surface area contributed by atoms with E-state index >= 15 is 0 Å². The fraction of sp³-hybridized carbons (Fsp3) is 0.435. The van der Waals surface area contributed by atoms with Crippen LogP contribution in [0.1, 0.15) is 41.3 Å². The molecule has 4 nitrogen and oxygen atoms in total. The van der Waals surface area contributed by atoms with Crippen LogP contribution in [0.2, 0.25) is 0 Å². The molecule has 2 atom stereocenters. The van der Waals surface area contributed by atoms with E-state index in [0.717, 1.165) is 32.5 Å². The van der Waals surface area contributed by atoms with E-state index in [1.807, 2.05) is 6.20 Å². The van der Waals surface area contributed by atoms with Gasteiger partial charge in [-0.1, -0.05) is 42.5 Å². The Morgan fingerprint density at radius 1 is 1.11 bits per heavy atom. The SMILES string of the molecule is NC/C=C\CN(C[C@H]1Cc2ccccc2CN1)[C@H]1CCCc2cccnc21. The van der Waals surface area contributed by atoms with Crippen LogP contribution in [-0.2, 0) is 19.4 Å². The number of hydrogen-bond acceptors (Lipinski definition) is 4. The first kappa shape index (κ1) is 18.4. The molecular weight excluding hydrogens is 332 g/mol. The molecule has 0 fully saturated rings. The van der Waals surface area contributed by atoms with Crippen molar-refractivity contribution in [3.05, 3.63) is 77.1 Å². The van der Waals surface area contributed by atoms with Crippen molar-refractivity contribution in [3.8, 4) is 0 Å². The summed E-state index contributed by atoms with van der Waals surface area (Å²) in [6, 6.07) is 14.0. The normalized spacial score (nSPS) is 22.0. The fourth-order valence-electron chi connectivity index (χ4n) is 4.51. The summed E-state index contributed by atoms with van der Waals surface area (Å²) in [5.74, 6) is 0. The van der Waals surface area contributed by atoms with Crippen LogP contribution in [0.15, 0.2) is 54.7 Å². The molecular formula is C23H30N4. The maximum absolute atomic E-state index is 5.68. The van der Waals surface area contributed by atoms with Crippen LogP contribution in [0.25, 0.3) is 0 Å². The third-order valence-corrected chi connectivity index (χ3v) is 5.87. The monoisotopic (exact) mass is 362 g/mol. The lowest BCUT2D eigenvalue weighted by Gasteiger charge is -2.38. The summed E-state index contributed by atoms with van der Waals surface area (Å²) < 4.78 is 0. The van der Waals surface area contributed by atoms with Crippen LogP contribution in [0.3, 0.4) is 0 Å². The molecule has 4 heteroatoms. The number of aryl methyl sites for hydroxylation is 1. The number of benzene rings is 1. The summed E-state index contributed by atoms with van der Waals surface area (Å²) in [5, 5.41) is 3.75. The number of pyridine rings is 1. The van der Waals surface area contributed by atoms with Crippen molar-refractivity contribution in [3.63, 3.8) is 0 Å². The van der Waals surface area contributed by atoms with Crippen molar-refractivity contribution in [2.45, 2.75) is 44.3 Å². The van der Waals surface area contributed by atoms with Crippen molar-refractivity contribution in [1.82, 2.24) is 15.2 Å². The number of fused-ring (bicyclic) bond motifs is 2. The lowest BCUT2D eigenvalue weighted by molar-refractivity contribution is 0.170. The zero-order valence-corrected chi connectivity index (χ0v) is 16.0. The third kappa shape index (κ3) is 4.29. The Morgan fingerprint density at radius 3 is 2.85 bits per heavy atom. The summed E-state index contributed by atoms with van der Waals surface area (Å²) in [7, 11) is 0. The molecule has 1 aliphatic carbocycles. The molecule has 0 bridgehead atoms. The summed E-state index contributed by atoms with van der Waals surface area (Å²) in [4.78, 5) is 7.37. The van der Waals surface area contributed by atoms with Gasteiger partial charge in [-0.15, -0.1) is 0 Å². The quantitative estimate of drug-likeness (QED) is 0.776. The Hall–Kier alpha value is -2.01. The molecule has 0 saturated carbocycles. The van der Waals surface area contributed by atoms with Gasteiger partial charge in [-0.05, 0) is 48.4 Å². The molecule has 27 heavy (non-hydrogen) atoms. The maximum Gasteiger partial charge on any atom is 0.0607 e. The van der Waals surface area contributed by atoms with Gasteiger partial charge >= 0.3 is 0 Å². The second-order valence-electron chi connectivity index (χ2n) is 7.67. The second kappa shape index (κ2) is 8.79. The van der Waals surface area contributed by atoms with Crippen LogP contribution < -0.4 is 11.1 Å². The molecule has 0 radical (unpaired) electrons. The molecule has 1 aliphatic heterocycles. The Labute approximate surface area is 162 Å². The van der Waals surface area contributed by atoms with Crippen molar-refractivity contribution in [2.24, 2.45) is 5.73 Å². The Bertz CT molecular complexity index is 785. The number of aromatic nitrogens is 1. The van der Waals surface area contributed by atoms with Crippen molar-refractivity contribution in [1.29, 1.82) is 0 Å². The molecule has 3 N–H and O–H groups in total. The highest BCUT2D eigenvalue weighted by Crippen LogP contribution is 2.33. The maximum atomic E-state index is 5.68. The predicted octanol–water partition coefficient (Wildman–Crippen LogP) is 2.99. The molecule has 0 amide bonds. The molecule has 2 aliphatic rings.